The smallest absolute Gasteiger partial charge is 0.198 e. The Morgan fingerprint density at radius 1 is 0.864 bits per heavy atom. The maximum atomic E-state index is 12.4. The van der Waals surface area contributed by atoms with Crippen LogP contribution in [0.25, 0.3) is 5.69 Å². The van der Waals surface area contributed by atoms with Gasteiger partial charge in [-0.3, -0.25) is 9.36 Å². The predicted molar refractivity (Wildman–Crippen MR) is 84.0 cm³/mol. The van der Waals surface area contributed by atoms with Gasteiger partial charge in [-0.1, -0.05) is 23.7 Å². The predicted octanol–water partition coefficient (Wildman–Crippen LogP) is 3.77. The summed E-state index contributed by atoms with van der Waals surface area (Å²) < 4.78 is 1.27. The van der Waals surface area contributed by atoms with Crippen molar-refractivity contribution in [1.82, 2.24) is 4.57 Å². The highest BCUT2D eigenvalue weighted by atomic mass is 35.5. The van der Waals surface area contributed by atoms with Gasteiger partial charge in [0.05, 0.1) is 10.7 Å². The zero-order valence-electron chi connectivity index (χ0n) is 11.4. The normalized spacial score (nSPS) is 10.6. The standard InChI is InChI=1S/C17H12ClNO3/c18-14-4-2-1-3-13(14)17(22)11-5-7-12(8-6-11)19-15(20)9-10-16(19)21/h1-10,20-21H. The van der Waals surface area contributed by atoms with E-state index in [-0.39, 0.29) is 17.5 Å². The third-order valence-electron chi connectivity index (χ3n) is 3.35. The van der Waals surface area contributed by atoms with Crippen molar-refractivity contribution in [3.63, 3.8) is 0 Å². The van der Waals surface area contributed by atoms with Crippen molar-refractivity contribution in [2.75, 3.05) is 0 Å². The fourth-order valence-electron chi connectivity index (χ4n) is 2.24. The van der Waals surface area contributed by atoms with Crippen LogP contribution in [0.15, 0.2) is 60.7 Å². The molecule has 0 aliphatic carbocycles. The minimum Gasteiger partial charge on any atom is -0.494 e. The summed E-state index contributed by atoms with van der Waals surface area (Å²) in [5, 5.41) is 19.8. The maximum absolute atomic E-state index is 12.4. The molecule has 0 aliphatic heterocycles. The van der Waals surface area contributed by atoms with Crippen LogP contribution in [0.1, 0.15) is 15.9 Å². The second-order valence-corrected chi connectivity index (χ2v) is 5.15. The number of aromatic nitrogens is 1. The summed E-state index contributed by atoms with van der Waals surface area (Å²) in [7, 11) is 0. The summed E-state index contributed by atoms with van der Waals surface area (Å²) >= 11 is 6.03. The van der Waals surface area contributed by atoms with Gasteiger partial charge in [0.1, 0.15) is 0 Å². The minimum atomic E-state index is -0.182. The van der Waals surface area contributed by atoms with E-state index < -0.39 is 0 Å². The van der Waals surface area contributed by atoms with Gasteiger partial charge in [-0.15, -0.1) is 0 Å². The molecule has 0 unspecified atom stereocenters. The minimum absolute atomic E-state index is 0.0809. The molecule has 2 aromatic carbocycles. The van der Waals surface area contributed by atoms with Crippen LogP contribution < -0.4 is 0 Å². The number of hydrogen-bond donors (Lipinski definition) is 2. The molecule has 0 amide bonds. The molecule has 3 aromatic rings. The van der Waals surface area contributed by atoms with E-state index >= 15 is 0 Å². The number of nitrogens with zero attached hydrogens (tertiary/aromatic N) is 1. The maximum Gasteiger partial charge on any atom is 0.198 e. The van der Waals surface area contributed by atoms with Crippen molar-refractivity contribution < 1.29 is 15.0 Å². The molecule has 2 N–H and O–H groups in total. The molecule has 5 heteroatoms. The van der Waals surface area contributed by atoms with Gasteiger partial charge >= 0.3 is 0 Å². The lowest BCUT2D eigenvalue weighted by Gasteiger charge is -2.08. The summed E-state index contributed by atoms with van der Waals surface area (Å²) in [6.45, 7) is 0. The highest BCUT2D eigenvalue weighted by Gasteiger charge is 2.13. The van der Waals surface area contributed by atoms with Crippen molar-refractivity contribution in [2.45, 2.75) is 0 Å². The third-order valence-corrected chi connectivity index (χ3v) is 3.68. The lowest BCUT2D eigenvalue weighted by Crippen LogP contribution is -2.02. The van der Waals surface area contributed by atoms with E-state index in [1.54, 1.807) is 48.5 Å². The van der Waals surface area contributed by atoms with Crippen LogP contribution in [0.5, 0.6) is 11.8 Å². The molecule has 1 heterocycles. The first-order valence-electron chi connectivity index (χ1n) is 6.57. The SMILES string of the molecule is O=C(c1ccc(-n2c(O)ccc2O)cc1)c1ccccc1Cl. The Labute approximate surface area is 131 Å². The van der Waals surface area contributed by atoms with Gasteiger partial charge in [0, 0.05) is 23.3 Å². The molecular weight excluding hydrogens is 302 g/mol. The van der Waals surface area contributed by atoms with Crippen molar-refractivity contribution in [2.24, 2.45) is 0 Å². The van der Waals surface area contributed by atoms with Crippen molar-refractivity contribution >= 4 is 17.4 Å². The molecule has 0 atom stereocenters. The van der Waals surface area contributed by atoms with Gasteiger partial charge in [0.15, 0.2) is 17.5 Å². The Balaban J connectivity index is 1.95. The summed E-state index contributed by atoms with van der Waals surface area (Å²) in [6.07, 6.45) is 0. The van der Waals surface area contributed by atoms with E-state index in [1.807, 2.05) is 0 Å². The Morgan fingerprint density at radius 3 is 2.05 bits per heavy atom. The van der Waals surface area contributed by atoms with Crippen LogP contribution in [-0.4, -0.2) is 20.6 Å². The number of carbonyl (C=O) groups is 1. The summed E-state index contributed by atoms with van der Waals surface area (Å²) in [6, 6.07) is 16.2. The molecule has 4 nitrogen and oxygen atoms in total. The Bertz CT molecular complexity index is 818. The summed E-state index contributed by atoms with van der Waals surface area (Å²) in [4.78, 5) is 12.4. The molecule has 1 aromatic heterocycles. The topological polar surface area (TPSA) is 62.5 Å². The van der Waals surface area contributed by atoms with Gasteiger partial charge in [0.25, 0.3) is 0 Å². The first-order chi connectivity index (χ1) is 10.6. The van der Waals surface area contributed by atoms with Gasteiger partial charge in [-0.25, -0.2) is 0 Å². The molecule has 0 bridgehead atoms. The van der Waals surface area contributed by atoms with Crippen LogP contribution in [0.2, 0.25) is 5.02 Å². The monoisotopic (exact) mass is 313 g/mol. The van der Waals surface area contributed by atoms with Crippen molar-refractivity contribution in [3.05, 3.63) is 76.8 Å². The van der Waals surface area contributed by atoms with Gasteiger partial charge in [-0.05, 0) is 36.4 Å². The molecular formula is C17H12ClNO3. The van der Waals surface area contributed by atoms with E-state index in [0.717, 1.165) is 0 Å². The quantitative estimate of drug-likeness (QED) is 0.723. The molecule has 0 saturated heterocycles. The van der Waals surface area contributed by atoms with E-state index in [2.05, 4.69) is 0 Å². The van der Waals surface area contributed by atoms with E-state index in [0.29, 0.717) is 21.8 Å². The van der Waals surface area contributed by atoms with E-state index in [4.69, 9.17) is 11.6 Å². The molecule has 0 saturated carbocycles. The number of aromatic hydroxyl groups is 2. The number of carbonyl (C=O) groups excluding carboxylic acids is 1. The van der Waals surface area contributed by atoms with Crippen LogP contribution in [0.3, 0.4) is 0 Å². The zero-order valence-corrected chi connectivity index (χ0v) is 12.2. The number of benzene rings is 2. The zero-order chi connectivity index (χ0) is 15.7. The fraction of sp³-hybridized carbons (Fsp3) is 0. The van der Waals surface area contributed by atoms with E-state index in [9.17, 15) is 15.0 Å². The summed E-state index contributed by atoms with van der Waals surface area (Å²) in [5.74, 6) is -0.344. The first-order valence-corrected chi connectivity index (χ1v) is 6.95. The number of rotatable bonds is 3. The second-order valence-electron chi connectivity index (χ2n) is 4.74. The van der Waals surface area contributed by atoms with E-state index in [1.165, 1.54) is 16.7 Å². The first kappa shape index (κ1) is 14.2. The Kier molecular flexibility index (Phi) is 3.61. The molecule has 110 valence electrons. The molecule has 3 rings (SSSR count). The lowest BCUT2D eigenvalue weighted by atomic mass is 10.0. The average molecular weight is 314 g/mol. The Morgan fingerprint density at radius 2 is 1.45 bits per heavy atom. The second kappa shape index (κ2) is 5.58. The number of ketones is 1. The molecule has 0 fully saturated rings. The van der Waals surface area contributed by atoms with Crippen molar-refractivity contribution in [3.8, 4) is 17.4 Å². The van der Waals surface area contributed by atoms with Gasteiger partial charge < -0.3 is 10.2 Å². The van der Waals surface area contributed by atoms with Crippen LogP contribution >= 0.6 is 11.6 Å². The van der Waals surface area contributed by atoms with Crippen LogP contribution in [-0.2, 0) is 0 Å². The highest BCUT2D eigenvalue weighted by molar-refractivity contribution is 6.34. The number of hydrogen-bond acceptors (Lipinski definition) is 3. The largest absolute Gasteiger partial charge is 0.494 e. The fourth-order valence-corrected chi connectivity index (χ4v) is 2.46. The average Bonchev–Trinajstić information content (AvgIpc) is 2.86. The van der Waals surface area contributed by atoms with Gasteiger partial charge in [0.2, 0.25) is 0 Å². The highest BCUT2D eigenvalue weighted by Crippen LogP contribution is 2.27. The van der Waals surface area contributed by atoms with Crippen LogP contribution in [0.4, 0.5) is 0 Å². The van der Waals surface area contributed by atoms with Crippen molar-refractivity contribution in [1.29, 1.82) is 0 Å². The Hall–Kier alpha value is -2.72. The van der Waals surface area contributed by atoms with Crippen LogP contribution in [0, 0.1) is 0 Å². The third kappa shape index (κ3) is 2.44. The number of halogens is 1. The summed E-state index contributed by atoms with van der Waals surface area (Å²) in [5.41, 5.74) is 1.46. The lowest BCUT2D eigenvalue weighted by molar-refractivity contribution is 0.103. The molecule has 0 spiro atoms. The molecule has 0 aliphatic rings. The molecule has 0 radical (unpaired) electrons. The van der Waals surface area contributed by atoms with Gasteiger partial charge in [-0.2, -0.15) is 0 Å². The molecule has 22 heavy (non-hydrogen) atoms.